The Morgan fingerprint density at radius 3 is 2.56 bits per heavy atom. The molecule has 0 spiro atoms. The minimum atomic E-state index is -0.422. The number of benzene rings is 1. The topological polar surface area (TPSA) is 0 Å². The maximum atomic E-state index is 12.2. The Balaban J connectivity index is 0.000000640. The molecule has 0 nitrogen and oxygen atoms in total. The summed E-state index contributed by atoms with van der Waals surface area (Å²) in [7, 11) is 0. The summed E-state index contributed by atoms with van der Waals surface area (Å²) in [4.78, 5) is 0. The molecule has 0 fully saturated rings. The number of hydrogen-bond acceptors (Lipinski definition) is 0. The third kappa shape index (κ3) is 2.42. The molecule has 1 aromatic rings. The van der Waals surface area contributed by atoms with Crippen molar-refractivity contribution < 1.29 is 23.9 Å². The van der Waals surface area contributed by atoms with Crippen LogP contribution in [0.5, 0.6) is 0 Å². The monoisotopic (exact) mass is 193 g/mol. The molecule has 1 aromatic carbocycles. The van der Waals surface area contributed by atoms with Crippen LogP contribution in [-0.2, 0) is 19.5 Å². The van der Waals surface area contributed by atoms with E-state index in [4.69, 9.17) is 11.6 Å². The van der Waals surface area contributed by atoms with E-state index in [1.807, 2.05) is 0 Å². The van der Waals surface area contributed by atoms with E-state index in [2.05, 4.69) is 6.07 Å². The largest absolute Gasteiger partial charge is 2.00 e. The number of hydrogen-bond donors (Lipinski definition) is 0. The van der Waals surface area contributed by atoms with Crippen LogP contribution in [0.1, 0.15) is 0 Å². The van der Waals surface area contributed by atoms with E-state index in [0.717, 1.165) is 0 Å². The van der Waals surface area contributed by atoms with Gasteiger partial charge in [-0.1, -0.05) is 0 Å². The zero-order valence-electron chi connectivity index (χ0n) is 4.70. The summed E-state index contributed by atoms with van der Waals surface area (Å²) in [6, 6.07) is 6.75. The zero-order chi connectivity index (χ0) is 5.98. The van der Waals surface area contributed by atoms with Crippen LogP contribution >= 0.6 is 11.6 Å². The first-order valence-corrected chi connectivity index (χ1v) is 2.49. The fourth-order valence-electron chi connectivity index (χ4n) is 0.391. The second kappa shape index (κ2) is 3.97. The van der Waals surface area contributed by atoms with Gasteiger partial charge in [-0.3, -0.25) is 4.39 Å². The molecule has 0 radical (unpaired) electrons. The Labute approximate surface area is 70.8 Å². The zero-order valence-corrected chi connectivity index (χ0v) is 8.42. The predicted octanol–water partition coefficient (Wildman–Crippen LogP) is 2.28. The van der Waals surface area contributed by atoms with Gasteiger partial charge in [0.05, 0.1) is 0 Å². The van der Waals surface area contributed by atoms with E-state index in [0.29, 0.717) is 0 Å². The Hall–Kier alpha value is 0.0634. The summed E-state index contributed by atoms with van der Waals surface area (Å²) < 4.78 is 12.2. The number of rotatable bonds is 0. The van der Waals surface area contributed by atoms with Crippen LogP contribution in [0, 0.1) is 11.9 Å². The summed E-state index contributed by atoms with van der Waals surface area (Å²) in [5.41, 5.74) is 0. The SMILES string of the molecule is Fc1c[c-]ccc1Cl.[Zn+2]. The molecule has 3 heteroatoms. The average molecular weight is 195 g/mol. The van der Waals surface area contributed by atoms with Gasteiger partial charge in [0, 0.05) is 5.82 Å². The Morgan fingerprint density at radius 2 is 2.22 bits per heavy atom. The molecule has 0 atom stereocenters. The minimum absolute atomic E-state index is 0. The van der Waals surface area contributed by atoms with Crippen molar-refractivity contribution in [2.45, 2.75) is 0 Å². The normalized spacial score (nSPS) is 8.22. The molecule has 42 valence electrons. The summed E-state index contributed by atoms with van der Waals surface area (Å²) in [5.74, 6) is -0.422. The van der Waals surface area contributed by atoms with Crippen LogP contribution in [0.15, 0.2) is 18.2 Å². The summed E-state index contributed by atoms with van der Waals surface area (Å²) in [5, 5.41) is 0.142. The van der Waals surface area contributed by atoms with Crippen molar-refractivity contribution in [3.05, 3.63) is 35.1 Å². The third-order valence-corrected chi connectivity index (χ3v) is 1.07. The quantitative estimate of drug-likeness (QED) is 0.440. The van der Waals surface area contributed by atoms with E-state index in [1.54, 1.807) is 6.07 Å². The fourth-order valence-corrected chi connectivity index (χ4v) is 0.509. The van der Waals surface area contributed by atoms with Crippen LogP contribution in [0.3, 0.4) is 0 Å². The van der Waals surface area contributed by atoms with Crippen molar-refractivity contribution in [1.82, 2.24) is 0 Å². The van der Waals surface area contributed by atoms with Gasteiger partial charge in [0.25, 0.3) is 0 Å². The smallest absolute Gasteiger partial charge is 0.283 e. The van der Waals surface area contributed by atoms with E-state index in [9.17, 15) is 4.39 Å². The first-order valence-electron chi connectivity index (χ1n) is 2.12. The summed E-state index contributed by atoms with van der Waals surface area (Å²) >= 11 is 5.31. The molecule has 0 N–H and O–H groups in total. The molecule has 9 heavy (non-hydrogen) atoms. The van der Waals surface area contributed by atoms with E-state index >= 15 is 0 Å². The van der Waals surface area contributed by atoms with Gasteiger partial charge in [-0.15, -0.1) is 23.7 Å². The van der Waals surface area contributed by atoms with Crippen LogP contribution in [0.2, 0.25) is 5.02 Å². The van der Waals surface area contributed by atoms with Crippen LogP contribution in [-0.4, -0.2) is 0 Å². The first-order chi connectivity index (χ1) is 3.80. The minimum Gasteiger partial charge on any atom is -0.283 e. The molecule has 0 aliphatic rings. The maximum Gasteiger partial charge on any atom is 2.00 e. The second-order valence-corrected chi connectivity index (χ2v) is 1.75. The predicted molar refractivity (Wildman–Crippen MR) is 30.2 cm³/mol. The second-order valence-electron chi connectivity index (χ2n) is 1.34. The van der Waals surface area contributed by atoms with Gasteiger partial charge in [0.2, 0.25) is 0 Å². The van der Waals surface area contributed by atoms with Crippen molar-refractivity contribution in [3.63, 3.8) is 0 Å². The molecular formula is C6H3ClFZn+. The van der Waals surface area contributed by atoms with Gasteiger partial charge in [-0.05, 0) is 5.02 Å². The Kier molecular flexibility index (Phi) is 4.00. The maximum absolute atomic E-state index is 12.2. The number of halogens is 2. The van der Waals surface area contributed by atoms with Crippen molar-refractivity contribution in [2.24, 2.45) is 0 Å². The molecule has 0 bridgehead atoms. The summed E-state index contributed by atoms with van der Waals surface area (Å²) in [6.45, 7) is 0. The first kappa shape index (κ1) is 9.06. The molecule has 0 aliphatic carbocycles. The van der Waals surface area contributed by atoms with Gasteiger partial charge in [0.1, 0.15) is 0 Å². The van der Waals surface area contributed by atoms with Crippen LogP contribution in [0.25, 0.3) is 0 Å². The summed E-state index contributed by atoms with van der Waals surface area (Å²) in [6.07, 6.45) is 0. The molecular weight excluding hydrogens is 192 g/mol. The fraction of sp³-hybridized carbons (Fsp3) is 0. The van der Waals surface area contributed by atoms with E-state index in [-0.39, 0.29) is 24.5 Å². The van der Waals surface area contributed by atoms with Crippen LogP contribution < -0.4 is 0 Å². The van der Waals surface area contributed by atoms with Gasteiger partial charge >= 0.3 is 19.5 Å². The van der Waals surface area contributed by atoms with E-state index in [1.165, 1.54) is 12.1 Å². The van der Waals surface area contributed by atoms with Gasteiger partial charge in [-0.25, -0.2) is 0 Å². The molecule has 0 unspecified atom stereocenters. The molecule has 1 rings (SSSR count). The molecule has 0 heterocycles. The van der Waals surface area contributed by atoms with E-state index < -0.39 is 5.82 Å². The van der Waals surface area contributed by atoms with Crippen molar-refractivity contribution in [1.29, 1.82) is 0 Å². The standard InChI is InChI=1S/C6H3ClF.Zn/c7-5-3-1-2-4-6(5)8;/h1,3-4H;/q-1;+2. The average Bonchev–Trinajstić information content (AvgIpc) is 1.77. The molecule has 0 saturated heterocycles. The van der Waals surface area contributed by atoms with Crippen molar-refractivity contribution >= 4 is 11.6 Å². The van der Waals surface area contributed by atoms with Gasteiger partial charge in [0.15, 0.2) is 0 Å². The third-order valence-electron chi connectivity index (χ3n) is 0.764. The van der Waals surface area contributed by atoms with Gasteiger partial charge in [-0.2, -0.15) is 12.1 Å². The van der Waals surface area contributed by atoms with Crippen molar-refractivity contribution in [2.75, 3.05) is 0 Å². The molecule has 0 aromatic heterocycles. The Morgan fingerprint density at radius 1 is 1.56 bits per heavy atom. The molecule has 0 aliphatic heterocycles. The van der Waals surface area contributed by atoms with Crippen molar-refractivity contribution in [3.8, 4) is 0 Å². The van der Waals surface area contributed by atoms with Gasteiger partial charge < -0.3 is 0 Å². The molecule has 0 saturated carbocycles. The van der Waals surface area contributed by atoms with Crippen LogP contribution in [0.4, 0.5) is 4.39 Å². The Bertz CT molecular complexity index is 169. The molecule has 0 amide bonds.